The summed E-state index contributed by atoms with van der Waals surface area (Å²) in [6, 6.07) is 9.18. The van der Waals surface area contributed by atoms with Gasteiger partial charge in [-0.3, -0.25) is 9.78 Å². The molecular formula is C16H14FN5O. The van der Waals surface area contributed by atoms with Crippen molar-refractivity contribution < 1.29 is 9.18 Å². The van der Waals surface area contributed by atoms with Crippen molar-refractivity contribution in [1.29, 1.82) is 0 Å². The molecule has 0 fully saturated rings. The Balaban J connectivity index is 1.81. The highest BCUT2D eigenvalue weighted by atomic mass is 19.1. The Labute approximate surface area is 131 Å². The molecule has 23 heavy (non-hydrogen) atoms. The van der Waals surface area contributed by atoms with E-state index >= 15 is 0 Å². The first-order valence-corrected chi connectivity index (χ1v) is 7.02. The monoisotopic (exact) mass is 311 g/mol. The maximum Gasteiger partial charge on any atom is 0.274 e. The predicted octanol–water partition coefficient (Wildman–Crippen LogP) is 2.50. The van der Waals surface area contributed by atoms with E-state index in [-0.39, 0.29) is 23.5 Å². The summed E-state index contributed by atoms with van der Waals surface area (Å²) in [6.07, 6.45) is 3.33. The van der Waals surface area contributed by atoms with Gasteiger partial charge in [0.15, 0.2) is 5.69 Å². The number of hydrogen-bond donors (Lipinski definition) is 2. The number of carbonyl (C=O) groups is 1. The van der Waals surface area contributed by atoms with Gasteiger partial charge in [-0.15, -0.1) is 0 Å². The first-order valence-electron chi connectivity index (χ1n) is 7.02. The van der Waals surface area contributed by atoms with Crippen molar-refractivity contribution in [2.75, 3.05) is 0 Å². The molecule has 0 spiro atoms. The Morgan fingerprint density at radius 3 is 2.52 bits per heavy atom. The second kappa shape index (κ2) is 6.35. The normalized spacial score (nSPS) is 11.9. The van der Waals surface area contributed by atoms with E-state index in [4.69, 9.17) is 0 Å². The van der Waals surface area contributed by atoms with Crippen LogP contribution in [0.5, 0.6) is 0 Å². The number of aromatic nitrogens is 4. The topological polar surface area (TPSA) is 83.6 Å². The molecule has 0 aliphatic heterocycles. The molecule has 0 aliphatic carbocycles. The average Bonchev–Trinajstić information content (AvgIpc) is 3.06. The highest BCUT2D eigenvalue weighted by Gasteiger charge is 2.20. The van der Waals surface area contributed by atoms with Crippen LogP contribution in [-0.4, -0.2) is 26.3 Å². The number of halogens is 1. The second-order valence-corrected chi connectivity index (χ2v) is 5.00. The van der Waals surface area contributed by atoms with E-state index in [1.807, 2.05) is 19.1 Å². The van der Waals surface area contributed by atoms with Crippen molar-refractivity contribution in [3.8, 4) is 11.3 Å². The molecule has 0 aliphatic rings. The highest BCUT2D eigenvalue weighted by molar-refractivity contribution is 5.98. The largest absolute Gasteiger partial charge is 0.344 e. The van der Waals surface area contributed by atoms with Crippen LogP contribution in [0.2, 0.25) is 0 Å². The van der Waals surface area contributed by atoms with E-state index < -0.39 is 0 Å². The van der Waals surface area contributed by atoms with Gasteiger partial charge in [0.1, 0.15) is 11.5 Å². The van der Waals surface area contributed by atoms with E-state index in [0.29, 0.717) is 11.3 Å². The zero-order chi connectivity index (χ0) is 16.2. The SMILES string of the molecule is CC(NC(=O)c1n[nH]nc1-c1ccc(F)cc1)c1ccncc1. The fourth-order valence-electron chi connectivity index (χ4n) is 2.20. The Hall–Kier alpha value is -3.09. The summed E-state index contributed by atoms with van der Waals surface area (Å²) in [4.78, 5) is 16.4. The summed E-state index contributed by atoms with van der Waals surface area (Å²) in [6.45, 7) is 1.87. The van der Waals surface area contributed by atoms with Gasteiger partial charge in [0.2, 0.25) is 0 Å². The summed E-state index contributed by atoms with van der Waals surface area (Å²) in [5.41, 5.74) is 2.09. The van der Waals surface area contributed by atoms with Crippen molar-refractivity contribution in [2.24, 2.45) is 0 Å². The molecule has 0 saturated heterocycles. The summed E-state index contributed by atoms with van der Waals surface area (Å²) in [5, 5.41) is 13.2. The smallest absolute Gasteiger partial charge is 0.274 e. The van der Waals surface area contributed by atoms with Gasteiger partial charge in [0.25, 0.3) is 5.91 Å². The maximum absolute atomic E-state index is 13.0. The lowest BCUT2D eigenvalue weighted by atomic mass is 10.1. The predicted molar refractivity (Wildman–Crippen MR) is 81.9 cm³/mol. The van der Waals surface area contributed by atoms with Crippen molar-refractivity contribution in [3.63, 3.8) is 0 Å². The van der Waals surface area contributed by atoms with Crippen LogP contribution >= 0.6 is 0 Å². The van der Waals surface area contributed by atoms with E-state index in [9.17, 15) is 9.18 Å². The van der Waals surface area contributed by atoms with Crippen LogP contribution in [-0.2, 0) is 0 Å². The number of nitrogens with one attached hydrogen (secondary N) is 2. The van der Waals surface area contributed by atoms with Crippen LogP contribution in [0.15, 0.2) is 48.8 Å². The molecule has 3 aromatic rings. The number of H-pyrrole nitrogens is 1. The van der Waals surface area contributed by atoms with Gasteiger partial charge in [-0.2, -0.15) is 15.4 Å². The minimum Gasteiger partial charge on any atom is -0.344 e. The van der Waals surface area contributed by atoms with Gasteiger partial charge in [-0.05, 0) is 48.9 Å². The van der Waals surface area contributed by atoms with E-state index in [1.54, 1.807) is 24.5 Å². The molecule has 2 heterocycles. The Morgan fingerprint density at radius 1 is 1.13 bits per heavy atom. The molecule has 6 nitrogen and oxygen atoms in total. The molecule has 2 aromatic heterocycles. The van der Waals surface area contributed by atoms with Crippen LogP contribution in [0, 0.1) is 5.82 Å². The molecule has 3 rings (SSSR count). The first-order chi connectivity index (χ1) is 11.1. The first kappa shape index (κ1) is 14.8. The number of amides is 1. The van der Waals surface area contributed by atoms with Crippen molar-refractivity contribution in [3.05, 3.63) is 65.9 Å². The Morgan fingerprint density at radius 2 is 1.83 bits per heavy atom. The van der Waals surface area contributed by atoms with Crippen molar-refractivity contribution in [1.82, 2.24) is 25.7 Å². The van der Waals surface area contributed by atoms with Gasteiger partial charge in [-0.1, -0.05) is 0 Å². The molecule has 116 valence electrons. The lowest BCUT2D eigenvalue weighted by Crippen LogP contribution is -2.27. The van der Waals surface area contributed by atoms with Gasteiger partial charge in [0, 0.05) is 18.0 Å². The molecule has 0 radical (unpaired) electrons. The molecule has 1 unspecified atom stereocenters. The molecule has 1 atom stereocenters. The van der Waals surface area contributed by atoms with Crippen LogP contribution in [0.25, 0.3) is 11.3 Å². The van der Waals surface area contributed by atoms with E-state index in [1.165, 1.54) is 12.1 Å². The standard InChI is InChI=1S/C16H14FN5O/c1-10(11-6-8-18-9-7-11)19-16(23)15-14(20-22-21-15)12-2-4-13(17)5-3-12/h2-10H,1H3,(H,19,23)(H,20,21,22). The van der Waals surface area contributed by atoms with E-state index in [0.717, 1.165) is 5.56 Å². The molecule has 1 aromatic carbocycles. The molecule has 0 bridgehead atoms. The molecule has 0 saturated carbocycles. The fourth-order valence-corrected chi connectivity index (χ4v) is 2.20. The Kier molecular flexibility index (Phi) is 4.09. The third-order valence-corrected chi connectivity index (χ3v) is 3.43. The quantitative estimate of drug-likeness (QED) is 0.775. The molecule has 2 N–H and O–H groups in total. The molecule has 7 heteroatoms. The van der Waals surface area contributed by atoms with Crippen LogP contribution in [0.3, 0.4) is 0 Å². The Bertz CT molecular complexity index is 801. The number of carbonyl (C=O) groups excluding carboxylic acids is 1. The summed E-state index contributed by atoms with van der Waals surface area (Å²) in [7, 11) is 0. The lowest BCUT2D eigenvalue weighted by Gasteiger charge is -2.13. The van der Waals surface area contributed by atoms with Gasteiger partial charge in [0.05, 0.1) is 6.04 Å². The number of rotatable bonds is 4. The average molecular weight is 311 g/mol. The fraction of sp³-hybridized carbons (Fsp3) is 0.125. The summed E-state index contributed by atoms with van der Waals surface area (Å²) >= 11 is 0. The maximum atomic E-state index is 13.0. The zero-order valence-corrected chi connectivity index (χ0v) is 12.3. The number of hydrogen-bond acceptors (Lipinski definition) is 4. The number of benzene rings is 1. The number of nitrogens with zero attached hydrogens (tertiary/aromatic N) is 3. The number of pyridine rings is 1. The summed E-state index contributed by atoms with van der Waals surface area (Å²) < 4.78 is 13.0. The van der Waals surface area contributed by atoms with Crippen LogP contribution < -0.4 is 5.32 Å². The number of aromatic amines is 1. The summed E-state index contributed by atoms with van der Waals surface area (Å²) in [5.74, 6) is -0.711. The van der Waals surface area contributed by atoms with Gasteiger partial charge in [-0.25, -0.2) is 4.39 Å². The van der Waals surface area contributed by atoms with E-state index in [2.05, 4.69) is 25.7 Å². The lowest BCUT2D eigenvalue weighted by molar-refractivity contribution is 0.0935. The van der Waals surface area contributed by atoms with Gasteiger partial charge < -0.3 is 5.32 Å². The zero-order valence-electron chi connectivity index (χ0n) is 12.3. The third-order valence-electron chi connectivity index (χ3n) is 3.43. The second-order valence-electron chi connectivity index (χ2n) is 5.00. The van der Waals surface area contributed by atoms with Crippen molar-refractivity contribution in [2.45, 2.75) is 13.0 Å². The molecular weight excluding hydrogens is 297 g/mol. The minimum atomic E-state index is -0.359. The van der Waals surface area contributed by atoms with Crippen LogP contribution in [0.4, 0.5) is 4.39 Å². The third kappa shape index (κ3) is 3.23. The molecule has 1 amide bonds. The minimum absolute atomic E-state index is 0.164. The van der Waals surface area contributed by atoms with Crippen LogP contribution in [0.1, 0.15) is 29.0 Å². The highest BCUT2D eigenvalue weighted by Crippen LogP contribution is 2.20. The van der Waals surface area contributed by atoms with Gasteiger partial charge >= 0.3 is 0 Å². The van der Waals surface area contributed by atoms with Crippen molar-refractivity contribution >= 4 is 5.91 Å².